The fourth-order valence-electron chi connectivity index (χ4n) is 2.79. The predicted molar refractivity (Wildman–Crippen MR) is 95.2 cm³/mol. The largest absolute Gasteiger partial charge is 0.497 e. The van der Waals surface area contributed by atoms with Gasteiger partial charge in [-0.2, -0.15) is 0 Å². The topological polar surface area (TPSA) is 79.5 Å². The average molecular weight is 337 g/mol. The summed E-state index contributed by atoms with van der Waals surface area (Å²) in [5.74, 6) is 0.384. The SMILES string of the molecule is COc1cccc([C@@H]2NC(=O)NC(C)=C2C(=O)Nc2ccccc2)c1. The Bertz CT molecular complexity index is 831. The zero-order valence-electron chi connectivity index (χ0n) is 14.0. The number of benzene rings is 2. The van der Waals surface area contributed by atoms with Crippen LogP contribution in [0.25, 0.3) is 0 Å². The van der Waals surface area contributed by atoms with E-state index in [0.29, 0.717) is 22.7 Å². The highest BCUT2D eigenvalue weighted by atomic mass is 16.5. The molecule has 0 saturated carbocycles. The van der Waals surface area contributed by atoms with Crippen LogP contribution in [0, 0.1) is 0 Å². The van der Waals surface area contributed by atoms with Crippen molar-refractivity contribution in [3.05, 3.63) is 71.4 Å². The Morgan fingerprint density at radius 1 is 1.12 bits per heavy atom. The Hall–Kier alpha value is -3.28. The number of nitrogens with one attached hydrogen (secondary N) is 3. The molecule has 1 aliphatic heterocycles. The van der Waals surface area contributed by atoms with Gasteiger partial charge in [-0.05, 0) is 36.8 Å². The number of anilines is 1. The Morgan fingerprint density at radius 3 is 2.60 bits per heavy atom. The van der Waals surface area contributed by atoms with E-state index in [4.69, 9.17) is 4.74 Å². The lowest BCUT2D eigenvalue weighted by molar-refractivity contribution is -0.113. The second-order valence-electron chi connectivity index (χ2n) is 5.67. The van der Waals surface area contributed by atoms with Crippen LogP contribution in [-0.4, -0.2) is 19.0 Å². The van der Waals surface area contributed by atoms with Gasteiger partial charge in [-0.3, -0.25) is 4.79 Å². The fourth-order valence-corrected chi connectivity index (χ4v) is 2.79. The van der Waals surface area contributed by atoms with Gasteiger partial charge in [0.25, 0.3) is 5.91 Å². The monoisotopic (exact) mass is 337 g/mol. The zero-order chi connectivity index (χ0) is 17.8. The minimum absolute atomic E-state index is 0.274. The summed E-state index contributed by atoms with van der Waals surface area (Å²) >= 11 is 0. The molecule has 3 N–H and O–H groups in total. The van der Waals surface area contributed by atoms with E-state index in [9.17, 15) is 9.59 Å². The van der Waals surface area contributed by atoms with Crippen LogP contribution in [-0.2, 0) is 4.79 Å². The molecule has 2 aromatic carbocycles. The van der Waals surface area contributed by atoms with Crippen LogP contribution in [0.2, 0.25) is 0 Å². The first-order chi connectivity index (χ1) is 12.1. The third kappa shape index (κ3) is 3.63. The van der Waals surface area contributed by atoms with Gasteiger partial charge in [-0.15, -0.1) is 0 Å². The lowest BCUT2D eigenvalue weighted by Crippen LogP contribution is -2.45. The summed E-state index contributed by atoms with van der Waals surface area (Å²) in [5, 5.41) is 8.33. The van der Waals surface area contributed by atoms with E-state index in [1.165, 1.54) is 0 Å². The highest BCUT2D eigenvalue weighted by Crippen LogP contribution is 2.29. The number of carbonyl (C=O) groups is 2. The van der Waals surface area contributed by atoms with Crippen molar-refractivity contribution in [3.8, 4) is 5.75 Å². The molecular weight excluding hydrogens is 318 g/mol. The molecule has 0 aliphatic carbocycles. The van der Waals surface area contributed by atoms with E-state index in [-0.39, 0.29) is 11.9 Å². The van der Waals surface area contributed by atoms with Gasteiger partial charge in [-0.1, -0.05) is 30.3 Å². The van der Waals surface area contributed by atoms with Crippen molar-refractivity contribution in [2.45, 2.75) is 13.0 Å². The van der Waals surface area contributed by atoms with Crippen molar-refractivity contribution >= 4 is 17.6 Å². The predicted octanol–water partition coefficient (Wildman–Crippen LogP) is 2.96. The minimum Gasteiger partial charge on any atom is -0.497 e. The minimum atomic E-state index is -0.562. The molecule has 0 saturated heterocycles. The standard InChI is InChI=1S/C19H19N3O3/c1-12-16(18(23)21-14-8-4-3-5-9-14)17(22-19(24)20-12)13-7-6-10-15(11-13)25-2/h3-11,17H,1-2H3,(H,21,23)(H2,20,22,24)/t17-/m0/s1. The van der Waals surface area contributed by atoms with Crippen LogP contribution in [0.15, 0.2) is 65.9 Å². The van der Waals surface area contributed by atoms with Crippen LogP contribution in [0.5, 0.6) is 5.75 Å². The van der Waals surface area contributed by atoms with E-state index in [1.807, 2.05) is 48.5 Å². The number of carbonyl (C=O) groups excluding carboxylic acids is 2. The third-order valence-electron chi connectivity index (χ3n) is 3.97. The second-order valence-corrected chi connectivity index (χ2v) is 5.67. The number of amides is 3. The number of ether oxygens (including phenoxy) is 1. The number of hydrogen-bond acceptors (Lipinski definition) is 3. The van der Waals surface area contributed by atoms with Crippen molar-refractivity contribution < 1.29 is 14.3 Å². The molecule has 0 unspecified atom stereocenters. The van der Waals surface area contributed by atoms with Gasteiger partial charge in [-0.25, -0.2) is 4.79 Å². The van der Waals surface area contributed by atoms with Gasteiger partial charge < -0.3 is 20.7 Å². The molecule has 0 aromatic heterocycles. The van der Waals surface area contributed by atoms with E-state index in [0.717, 1.165) is 5.56 Å². The van der Waals surface area contributed by atoms with Crippen LogP contribution in [0.4, 0.5) is 10.5 Å². The summed E-state index contributed by atoms with van der Waals surface area (Å²) in [6.45, 7) is 1.71. The number of hydrogen-bond donors (Lipinski definition) is 3. The lowest BCUT2D eigenvalue weighted by Gasteiger charge is -2.28. The van der Waals surface area contributed by atoms with E-state index < -0.39 is 6.04 Å². The molecule has 0 spiro atoms. The van der Waals surface area contributed by atoms with E-state index >= 15 is 0 Å². The first kappa shape index (κ1) is 16.6. The van der Waals surface area contributed by atoms with E-state index in [2.05, 4.69) is 16.0 Å². The highest BCUT2D eigenvalue weighted by molar-refractivity contribution is 6.06. The first-order valence-electron chi connectivity index (χ1n) is 7.87. The molecule has 0 fully saturated rings. The van der Waals surface area contributed by atoms with Gasteiger partial charge in [0.1, 0.15) is 5.75 Å². The summed E-state index contributed by atoms with van der Waals surface area (Å²) in [4.78, 5) is 24.8. The van der Waals surface area contributed by atoms with Gasteiger partial charge in [0.2, 0.25) is 0 Å². The normalized spacial score (nSPS) is 16.7. The number of allylic oxidation sites excluding steroid dienone is 1. The third-order valence-corrected chi connectivity index (χ3v) is 3.97. The molecule has 0 bridgehead atoms. The average Bonchev–Trinajstić information content (AvgIpc) is 2.61. The van der Waals surface area contributed by atoms with Crippen molar-refractivity contribution in [2.75, 3.05) is 12.4 Å². The molecule has 1 aliphatic rings. The van der Waals surface area contributed by atoms with Crippen molar-refractivity contribution in [3.63, 3.8) is 0 Å². The van der Waals surface area contributed by atoms with Crippen molar-refractivity contribution in [1.82, 2.24) is 10.6 Å². The molecule has 1 atom stereocenters. The van der Waals surface area contributed by atoms with Gasteiger partial charge in [0, 0.05) is 11.4 Å². The molecule has 128 valence electrons. The number of urea groups is 1. The maximum atomic E-state index is 12.8. The summed E-state index contributed by atoms with van der Waals surface area (Å²) in [7, 11) is 1.57. The molecule has 1 heterocycles. The number of para-hydroxylation sites is 1. The quantitative estimate of drug-likeness (QED) is 0.802. The van der Waals surface area contributed by atoms with Crippen LogP contribution in [0.3, 0.4) is 0 Å². The molecule has 6 heteroatoms. The molecule has 2 aromatic rings. The number of methoxy groups -OCH3 is 1. The molecule has 25 heavy (non-hydrogen) atoms. The smallest absolute Gasteiger partial charge is 0.319 e. The second kappa shape index (κ2) is 7.09. The Morgan fingerprint density at radius 2 is 1.88 bits per heavy atom. The number of rotatable bonds is 4. The first-order valence-corrected chi connectivity index (χ1v) is 7.87. The van der Waals surface area contributed by atoms with Gasteiger partial charge in [0.05, 0.1) is 18.7 Å². The molecule has 3 rings (SSSR count). The summed E-state index contributed by atoms with van der Waals surface area (Å²) < 4.78 is 5.25. The Balaban J connectivity index is 1.96. The Labute approximate surface area is 145 Å². The van der Waals surface area contributed by atoms with E-state index in [1.54, 1.807) is 20.1 Å². The molecule has 0 radical (unpaired) electrons. The van der Waals surface area contributed by atoms with Crippen molar-refractivity contribution in [1.29, 1.82) is 0 Å². The maximum absolute atomic E-state index is 12.8. The lowest BCUT2D eigenvalue weighted by atomic mass is 9.94. The highest BCUT2D eigenvalue weighted by Gasteiger charge is 2.31. The summed E-state index contributed by atoms with van der Waals surface area (Å²) in [6.07, 6.45) is 0. The van der Waals surface area contributed by atoms with Crippen LogP contribution in [0.1, 0.15) is 18.5 Å². The Kier molecular flexibility index (Phi) is 4.70. The fraction of sp³-hybridized carbons (Fsp3) is 0.158. The summed E-state index contributed by atoms with van der Waals surface area (Å²) in [5.41, 5.74) is 2.43. The summed E-state index contributed by atoms with van der Waals surface area (Å²) in [6, 6.07) is 15.6. The molecule has 3 amide bonds. The molecular formula is C19H19N3O3. The van der Waals surface area contributed by atoms with Crippen molar-refractivity contribution in [2.24, 2.45) is 0 Å². The van der Waals surface area contributed by atoms with Gasteiger partial charge in [0.15, 0.2) is 0 Å². The van der Waals surface area contributed by atoms with Crippen LogP contribution < -0.4 is 20.7 Å². The van der Waals surface area contributed by atoms with Gasteiger partial charge >= 0.3 is 6.03 Å². The van der Waals surface area contributed by atoms with Crippen LogP contribution >= 0.6 is 0 Å². The maximum Gasteiger partial charge on any atom is 0.319 e. The molecule has 6 nitrogen and oxygen atoms in total. The zero-order valence-corrected chi connectivity index (χ0v) is 14.0.